The van der Waals surface area contributed by atoms with E-state index in [1.165, 1.54) is 30.9 Å². The van der Waals surface area contributed by atoms with Crippen LogP contribution in [0.4, 0.5) is 0 Å². The van der Waals surface area contributed by atoms with E-state index in [9.17, 15) is 9.59 Å². The molecule has 2 aromatic heterocycles. The van der Waals surface area contributed by atoms with Crippen molar-refractivity contribution in [2.75, 3.05) is 0 Å². The molecular weight excluding hydrogens is 262 g/mol. The summed E-state index contributed by atoms with van der Waals surface area (Å²) in [5, 5.41) is 17.5. The van der Waals surface area contributed by atoms with Crippen molar-refractivity contribution in [2.45, 2.75) is 6.54 Å². The third-order valence-electron chi connectivity index (χ3n) is 2.38. The number of carbonyl (C=O) groups excluding carboxylic acids is 1. The molecule has 2 rings (SSSR count). The quantitative estimate of drug-likeness (QED) is 0.670. The summed E-state index contributed by atoms with van der Waals surface area (Å²) in [5.74, 6) is -0.925. The molecule has 0 saturated carbocycles. The number of pyridine rings is 1. The minimum Gasteiger partial charge on any atom is -0.478 e. The summed E-state index contributed by atoms with van der Waals surface area (Å²) >= 11 is 0. The van der Waals surface area contributed by atoms with Gasteiger partial charge >= 0.3 is 5.97 Å². The molecule has 0 radical (unpaired) electrons. The van der Waals surface area contributed by atoms with Gasteiger partial charge in [0.1, 0.15) is 12.2 Å². The summed E-state index contributed by atoms with van der Waals surface area (Å²) < 4.78 is 0. The lowest BCUT2D eigenvalue weighted by Crippen LogP contribution is -2.24. The Bertz CT molecular complexity index is 636. The van der Waals surface area contributed by atoms with Crippen molar-refractivity contribution in [1.82, 2.24) is 25.5 Å². The molecule has 3 N–H and O–H groups in total. The molecule has 0 aliphatic heterocycles. The van der Waals surface area contributed by atoms with Crippen LogP contribution in [0.3, 0.4) is 0 Å². The fourth-order valence-electron chi connectivity index (χ4n) is 1.48. The number of carbonyl (C=O) groups is 2. The fraction of sp³-hybridized carbons (Fsp3) is 0.0833. The molecule has 0 aliphatic carbocycles. The number of aromatic nitrogens is 4. The second-order valence-electron chi connectivity index (χ2n) is 3.75. The molecule has 0 saturated heterocycles. The van der Waals surface area contributed by atoms with Crippen molar-refractivity contribution in [3.8, 4) is 0 Å². The maximum atomic E-state index is 12.0. The summed E-state index contributed by atoms with van der Waals surface area (Å²) in [6.45, 7) is 0.198. The van der Waals surface area contributed by atoms with Gasteiger partial charge in [0.2, 0.25) is 0 Å². The summed E-state index contributed by atoms with van der Waals surface area (Å²) in [4.78, 5) is 30.3. The lowest BCUT2D eigenvalue weighted by Gasteiger charge is -2.05. The second-order valence-corrected chi connectivity index (χ2v) is 3.75. The first-order chi connectivity index (χ1) is 9.66. The highest BCUT2D eigenvalue weighted by molar-refractivity contribution is 5.98. The average molecular weight is 273 g/mol. The zero-order valence-electron chi connectivity index (χ0n) is 10.3. The Kier molecular flexibility index (Phi) is 4.17. The first-order valence-electron chi connectivity index (χ1n) is 5.64. The predicted molar refractivity (Wildman–Crippen MR) is 68.5 cm³/mol. The zero-order valence-corrected chi connectivity index (χ0v) is 10.3. The van der Waals surface area contributed by atoms with E-state index in [0.717, 1.165) is 6.08 Å². The van der Waals surface area contributed by atoms with Crippen LogP contribution in [0, 0.1) is 0 Å². The summed E-state index contributed by atoms with van der Waals surface area (Å²) in [5.41, 5.74) is 0.752. The molecule has 0 aliphatic rings. The fourth-order valence-corrected chi connectivity index (χ4v) is 1.48. The van der Waals surface area contributed by atoms with E-state index in [4.69, 9.17) is 5.11 Å². The topological polar surface area (TPSA) is 121 Å². The number of hydrogen-bond donors (Lipinski definition) is 3. The smallest absolute Gasteiger partial charge is 0.328 e. The van der Waals surface area contributed by atoms with Gasteiger partial charge in [-0.15, -0.1) is 0 Å². The van der Waals surface area contributed by atoms with E-state index >= 15 is 0 Å². The van der Waals surface area contributed by atoms with Crippen molar-refractivity contribution in [2.24, 2.45) is 0 Å². The van der Waals surface area contributed by atoms with E-state index in [1.54, 1.807) is 0 Å². The van der Waals surface area contributed by atoms with Crippen molar-refractivity contribution in [3.63, 3.8) is 0 Å². The van der Waals surface area contributed by atoms with Crippen LogP contribution in [-0.4, -0.2) is 37.1 Å². The number of carboxylic acid groups (broad SMARTS) is 1. The van der Waals surface area contributed by atoms with E-state index < -0.39 is 5.97 Å². The number of nitrogens with zero attached hydrogens (tertiary/aromatic N) is 3. The van der Waals surface area contributed by atoms with Gasteiger partial charge in [-0.1, -0.05) is 0 Å². The van der Waals surface area contributed by atoms with Crippen LogP contribution < -0.4 is 5.32 Å². The van der Waals surface area contributed by atoms with E-state index in [-0.39, 0.29) is 12.5 Å². The molecule has 8 nitrogen and oxygen atoms in total. The largest absolute Gasteiger partial charge is 0.478 e. The Hall–Kier alpha value is -3.03. The van der Waals surface area contributed by atoms with Crippen LogP contribution in [0.5, 0.6) is 0 Å². The lowest BCUT2D eigenvalue weighted by molar-refractivity contribution is -0.131. The molecule has 2 aromatic rings. The van der Waals surface area contributed by atoms with Gasteiger partial charge in [-0.3, -0.25) is 14.9 Å². The van der Waals surface area contributed by atoms with Crippen LogP contribution in [0.15, 0.2) is 30.9 Å². The Labute approximate surface area is 113 Å². The SMILES string of the molecule is O=C(O)C=Cc1cnccc1C(=O)NCc1ncn[nH]1. The van der Waals surface area contributed by atoms with Gasteiger partial charge in [0.05, 0.1) is 6.54 Å². The minimum absolute atomic E-state index is 0.198. The van der Waals surface area contributed by atoms with Gasteiger partial charge < -0.3 is 10.4 Å². The van der Waals surface area contributed by atoms with Crippen molar-refractivity contribution in [3.05, 3.63) is 47.8 Å². The van der Waals surface area contributed by atoms with Gasteiger partial charge in [0.15, 0.2) is 0 Å². The summed E-state index contributed by atoms with van der Waals surface area (Å²) in [7, 11) is 0. The first-order valence-corrected chi connectivity index (χ1v) is 5.64. The minimum atomic E-state index is -1.10. The van der Waals surface area contributed by atoms with Crippen LogP contribution in [-0.2, 0) is 11.3 Å². The first kappa shape index (κ1) is 13.4. The molecule has 0 aromatic carbocycles. The molecule has 102 valence electrons. The number of aliphatic carboxylic acids is 1. The number of rotatable bonds is 5. The molecule has 0 fully saturated rings. The maximum Gasteiger partial charge on any atom is 0.328 e. The van der Waals surface area contributed by atoms with E-state index in [0.29, 0.717) is 17.0 Å². The highest BCUT2D eigenvalue weighted by Gasteiger charge is 2.10. The highest BCUT2D eigenvalue weighted by atomic mass is 16.4. The molecule has 20 heavy (non-hydrogen) atoms. The lowest BCUT2D eigenvalue weighted by atomic mass is 10.1. The van der Waals surface area contributed by atoms with Crippen LogP contribution in [0.2, 0.25) is 0 Å². The third-order valence-corrected chi connectivity index (χ3v) is 2.38. The van der Waals surface area contributed by atoms with Crippen LogP contribution in [0.25, 0.3) is 6.08 Å². The monoisotopic (exact) mass is 273 g/mol. The Morgan fingerprint density at radius 2 is 2.30 bits per heavy atom. The predicted octanol–water partition coefficient (Wildman–Crippen LogP) is 0.227. The van der Waals surface area contributed by atoms with Crippen LogP contribution in [0.1, 0.15) is 21.7 Å². The molecular formula is C12H11N5O3. The normalized spacial score (nSPS) is 10.6. The number of H-pyrrole nitrogens is 1. The highest BCUT2D eigenvalue weighted by Crippen LogP contribution is 2.09. The number of nitrogens with one attached hydrogen (secondary N) is 2. The van der Waals surface area contributed by atoms with Gasteiger partial charge in [-0.2, -0.15) is 5.10 Å². The second kappa shape index (κ2) is 6.23. The van der Waals surface area contributed by atoms with Crippen LogP contribution >= 0.6 is 0 Å². The van der Waals surface area contributed by atoms with E-state index in [2.05, 4.69) is 25.5 Å². The Balaban J connectivity index is 2.11. The third kappa shape index (κ3) is 3.48. The molecule has 1 amide bonds. The van der Waals surface area contributed by atoms with Crippen molar-refractivity contribution >= 4 is 18.0 Å². The maximum absolute atomic E-state index is 12.0. The molecule has 2 heterocycles. The number of aromatic amines is 1. The van der Waals surface area contributed by atoms with Gasteiger partial charge in [-0.25, -0.2) is 9.78 Å². The standard InChI is InChI=1S/C12H11N5O3/c18-11(19)2-1-8-5-13-4-3-9(8)12(20)14-6-10-15-7-16-17-10/h1-5,7H,6H2,(H,14,20)(H,18,19)(H,15,16,17). The zero-order chi connectivity index (χ0) is 14.4. The molecule has 0 spiro atoms. The number of hydrogen-bond acceptors (Lipinski definition) is 5. The number of amides is 1. The molecule has 8 heteroatoms. The van der Waals surface area contributed by atoms with Gasteiger partial charge in [-0.05, 0) is 12.1 Å². The number of carboxylic acids is 1. The summed E-state index contributed by atoms with van der Waals surface area (Å²) in [6.07, 6.45) is 6.49. The van der Waals surface area contributed by atoms with Crippen molar-refractivity contribution < 1.29 is 14.7 Å². The van der Waals surface area contributed by atoms with E-state index in [1.807, 2.05) is 0 Å². The molecule has 0 bridgehead atoms. The van der Waals surface area contributed by atoms with Crippen molar-refractivity contribution in [1.29, 1.82) is 0 Å². The average Bonchev–Trinajstić information content (AvgIpc) is 2.96. The Morgan fingerprint density at radius 3 is 3.00 bits per heavy atom. The van der Waals surface area contributed by atoms with Gasteiger partial charge in [0, 0.05) is 29.6 Å². The molecule has 0 atom stereocenters. The Morgan fingerprint density at radius 1 is 1.45 bits per heavy atom. The molecule has 0 unspecified atom stereocenters. The van der Waals surface area contributed by atoms with Gasteiger partial charge in [0.25, 0.3) is 5.91 Å². The summed E-state index contributed by atoms with van der Waals surface area (Å²) in [6, 6.07) is 1.51.